The summed E-state index contributed by atoms with van der Waals surface area (Å²) in [4.78, 5) is 29.3. The minimum absolute atomic E-state index is 0.00104. The number of hydrogen-bond donors (Lipinski definition) is 1. The number of hydrogen-bond acceptors (Lipinski definition) is 4. The highest BCUT2D eigenvalue weighted by Crippen LogP contribution is 2.30. The van der Waals surface area contributed by atoms with Crippen LogP contribution in [0.25, 0.3) is 17.4 Å². The lowest BCUT2D eigenvalue weighted by Crippen LogP contribution is -2.48. The van der Waals surface area contributed by atoms with Gasteiger partial charge in [-0.2, -0.15) is 0 Å². The van der Waals surface area contributed by atoms with Gasteiger partial charge in [0.25, 0.3) is 5.91 Å². The van der Waals surface area contributed by atoms with Crippen molar-refractivity contribution in [1.29, 1.82) is 0 Å². The molecule has 0 bridgehead atoms. The van der Waals surface area contributed by atoms with Gasteiger partial charge in [-0.3, -0.25) is 9.59 Å². The summed E-state index contributed by atoms with van der Waals surface area (Å²) in [7, 11) is 0. The van der Waals surface area contributed by atoms with Gasteiger partial charge in [0.15, 0.2) is 5.76 Å². The second kappa shape index (κ2) is 11.7. The molecule has 1 saturated heterocycles. The summed E-state index contributed by atoms with van der Waals surface area (Å²) in [5, 5.41) is 3.38. The third-order valence-corrected chi connectivity index (χ3v) is 7.15. The molecule has 1 aliphatic heterocycles. The molecular formula is C30H25BrClN3O3. The van der Waals surface area contributed by atoms with Gasteiger partial charge in [-0.05, 0) is 54.1 Å². The Morgan fingerprint density at radius 2 is 1.63 bits per heavy atom. The molecule has 1 fully saturated rings. The first-order chi connectivity index (χ1) is 18.5. The van der Waals surface area contributed by atoms with Gasteiger partial charge in [0, 0.05) is 48.0 Å². The quantitative estimate of drug-likeness (QED) is 0.246. The predicted octanol–water partition coefficient (Wildman–Crippen LogP) is 6.98. The number of nitrogens with zero attached hydrogens (tertiary/aromatic N) is 2. The summed E-state index contributed by atoms with van der Waals surface area (Å²) >= 11 is 10.0. The molecule has 5 rings (SSSR count). The monoisotopic (exact) mass is 589 g/mol. The second-order valence-corrected chi connectivity index (χ2v) is 10.2. The largest absolute Gasteiger partial charge is 0.451 e. The Balaban J connectivity index is 1.17. The van der Waals surface area contributed by atoms with Crippen LogP contribution in [-0.4, -0.2) is 42.9 Å². The third-order valence-electron chi connectivity index (χ3n) is 6.31. The number of carbonyl (C=O) groups excluding carboxylic acids is 2. The van der Waals surface area contributed by atoms with E-state index in [2.05, 4.69) is 26.1 Å². The first-order valence-corrected chi connectivity index (χ1v) is 13.4. The van der Waals surface area contributed by atoms with Crippen LogP contribution in [0.3, 0.4) is 0 Å². The molecule has 0 atom stereocenters. The molecule has 2 heterocycles. The van der Waals surface area contributed by atoms with Gasteiger partial charge in [-0.1, -0.05) is 70.0 Å². The second-order valence-electron chi connectivity index (χ2n) is 8.85. The molecule has 0 saturated carbocycles. The molecule has 1 aliphatic rings. The zero-order chi connectivity index (χ0) is 26.5. The van der Waals surface area contributed by atoms with Crippen LogP contribution in [0.1, 0.15) is 16.1 Å². The van der Waals surface area contributed by atoms with E-state index in [1.165, 1.54) is 0 Å². The maximum absolute atomic E-state index is 12.7. The van der Waals surface area contributed by atoms with Crippen LogP contribution in [0.5, 0.6) is 0 Å². The summed E-state index contributed by atoms with van der Waals surface area (Å²) < 4.78 is 6.73. The van der Waals surface area contributed by atoms with Gasteiger partial charge in [0.2, 0.25) is 5.91 Å². The zero-order valence-electron chi connectivity index (χ0n) is 20.4. The lowest BCUT2D eigenvalue weighted by Gasteiger charge is -2.36. The Morgan fingerprint density at radius 3 is 2.34 bits per heavy atom. The van der Waals surface area contributed by atoms with E-state index in [9.17, 15) is 9.59 Å². The van der Waals surface area contributed by atoms with Crippen LogP contribution in [0.15, 0.2) is 99.9 Å². The number of carbonyl (C=O) groups is 2. The van der Waals surface area contributed by atoms with Crippen molar-refractivity contribution in [2.45, 2.75) is 0 Å². The standard InChI is InChI=1S/C30H25BrClN3O3/c31-23-9-7-22(8-10-23)27-13-14-28(38-27)30(37)33-24-11-12-26(25(32)20-24)34-16-18-35(19-17-34)29(36)15-6-21-4-2-1-3-5-21/h1-15,20H,16-19H2,(H,33,37)/b15-6+. The fraction of sp³-hybridized carbons (Fsp3) is 0.133. The molecule has 1 N–H and O–H groups in total. The number of furan rings is 1. The minimum Gasteiger partial charge on any atom is -0.451 e. The van der Waals surface area contributed by atoms with Crippen LogP contribution in [0.4, 0.5) is 11.4 Å². The summed E-state index contributed by atoms with van der Waals surface area (Å²) in [5.41, 5.74) is 3.32. The average Bonchev–Trinajstić information content (AvgIpc) is 3.44. The lowest BCUT2D eigenvalue weighted by molar-refractivity contribution is -0.126. The molecule has 0 radical (unpaired) electrons. The van der Waals surface area contributed by atoms with Crippen molar-refractivity contribution in [2.75, 3.05) is 36.4 Å². The molecule has 4 aromatic rings. The van der Waals surface area contributed by atoms with Crippen LogP contribution in [0.2, 0.25) is 5.02 Å². The maximum atomic E-state index is 12.7. The molecule has 38 heavy (non-hydrogen) atoms. The van der Waals surface area contributed by atoms with Gasteiger partial charge >= 0.3 is 0 Å². The lowest BCUT2D eigenvalue weighted by atomic mass is 10.2. The Bertz CT molecular complexity index is 1460. The molecule has 3 aromatic carbocycles. The average molecular weight is 591 g/mol. The summed E-state index contributed by atoms with van der Waals surface area (Å²) in [6.07, 6.45) is 3.46. The number of anilines is 2. The van der Waals surface area contributed by atoms with Gasteiger partial charge in [0.05, 0.1) is 10.7 Å². The van der Waals surface area contributed by atoms with E-state index in [1.54, 1.807) is 24.3 Å². The number of benzene rings is 3. The van der Waals surface area contributed by atoms with E-state index in [4.69, 9.17) is 16.0 Å². The molecule has 192 valence electrons. The Kier molecular flexibility index (Phi) is 7.96. The van der Waals surface area contributed by atoms with Crippen molar-refractivity contribution in [2.24, 2.45) is 0 Å². The fourth-order valence-corrected chi connectivity index (χ4v) is 4.83. The summed E-state index contributed by atoms with van der Waals surface area (Å²) in [6, 6.07) is 26.3. The number of amides is 2. The maximum Gasteiger partial charge on any atom is 0.291 e. The number of piperazine rings is 1. The van der Waals surface area contributed by atoms with Crippen molar-refractivity contribution < 1.29 is 14.0 Å². The number of rotatable bonds is 6. The number of halogens is 2. The zero-order valence-corrected chi connectivity index (χ0v) is 22.8. The molecular weight excluding hydrogens is 566 g/mol. The van der Waals surface area contributed by atoms with Crippen LogP contribution >= 0.6 is 27.5 Å². The predicted molar refractivity (Wildman–Crippen MR) is 156 cm³/mol. The van der Waals surface area contributed by atoms with Crippen LogP contribution in [0, 0.1) is 0 Å². The SMILES string of the molecule is O=C(Nc1ccc(N2CCN(C(=O)/C=C/c3ccccc3)CC2)c(Cl)c1)c1ccc(-c2ccc(Br)cc2)o1. The summed E-state index contributed by atoms with van der Waals surface area (Å²) in [6.45, 7) is 2.54. The molecule has 2 amide bonds. The highest BCUT2D eigenvalue weighted by atomic mass is 79.9. The van der Waals surface area contributed by atoms with Crippen molar-refractivity contribution in [3.63, 3.8) is 0 Å². The smallest absolute Gasteiger partial charge is 0.291 e. The molecule has 0 unspecified atom stereocenters. The normalized spacial score (nSPS) is 13.6. The van der Waals surface area contributed by atoms with E-state index < -0.39 is 0 Å². The minimum atomic E-state index is -0.354. The highest BCUT2D eigenvalue weighted by molar-refractivity contribution is 9.10. The van der Waals surface area contributed by atoms with E-state index in [1.807, 2.05) is 77.7 Å². The Hall–Kier alpha value is -3.81. The molecule has 6 nitrogen and oxygen atoms in total. The van der Waals surface area contributed by atoms with E-state index >= 15 is 0 Å². The van der Waals surface area contributed by atoms with Crippen molar-refractivity contribution in [3.05, 3.63) is 112 Å². The summed E-state index contributed by atoms with van der Waals surface area (Å²) in [5.74, 6) is 0.473. The Labute approximate surface area is 234 Å². The van der Waals surface area contributed by atoms with E-state index in [-0.39, 0.29) is 17.6 Å². The van der Waals surface area contributed by atoms with Crippen LogP contribution in [-0.2, 0) is 4.79 Å². The van der Waals surface area contributed by atoms with E-state index in [0.29, 0.717) is 42.6 Å². The first kappa shape index (κ1) is 25.8. The Morgan fingerprint density at radius 1 is 0.895 bits per heavy atom. The topological polar surface area (TPSA) is 65.8 Å². The van der Waals surface area contributed by atoms with Gasteiger partial charge in [-0.15, -0.1) is 0 Å². The van der Waals surface area contributed by atoms with Crippen molar-refractivity contribution in [1.82, 2.24) is 4.90 Å². The number of nitrogens with one attached hydrogen (secondary N) is 1. The first-order valence-electron chi connectivity index (χ1n) is 12.2. The van der Waals surface area contributed by atoms with Gasteiger partial charge in [-0.25, -0.2) is 0 Å². The fourth-order valence-electron chi connectivity index (χ4n) is 4.27. The molecule has 0 spiro atoms. The third kappa shape index (κ3) is 6.18. The van der Waals surface area contributed by atoms with Crippen molar-refractivity contribution >= 4 is 56.8 Å². The highest BCUT2D eigenvalue weighted by Gasteiger charge is 2.22. The van der Waals surface area contributed by atoms with Crippen LogP contribution < -0.4 is 10.2 Å². The molecule has 8 heteroatoms. The van der Waals surface area contributed by atoms with E-state index in [0.717, 1.165) is 21.3 Å². The molecule has 0 aliphatic carbocycles. The molecule has 1 aromatic heterocycles. The van der Waals surface area contributed by atoms with Gasteiger partial charge < -0.3 is 19.5 Å². The van der Waals surface area contributed by atoms with Gasteiger partial charge in [0.1, 0.15) is 5.76 Å². The van der Waals surface area contributed by atoms with Crippen molar-refractivity contribution in [3.8, 4) is 11.3 Å².